The molecule has 0 atom stereocenters. The van der Waals surface area contributed by atoms with Gasteiger partial charge in [0, 0.05) is 6.07 Å². The molecule has 3 rings (SSSR count). The summed E-state index contributed by atoms with van der Waals surface area (Å²) in [5.74, 6) is -0.486. The normalized spacial score (nSPS) is 10.7. The number of nitro benzene ring substituents is 5. The predicted molar refractivity (Wildman–Crippen MR) is 115 cm³/mol. The first kappa shape index (κ1) is 23.8. The van der Waals surface area contributed by atoms with Crippen molar-refractivity contribution in [3.05, 3.63) is 98.8 Å². The van der Waals surface area contributed by atoms with E-state index in [2.05, 4.69) is 10.5 Å². The molecule has 18 nitrogen and oxygen atoms in total. The van der Waals surface area contributed by atoms with Crippen LogP contribution in [0.4, 0.5) is 34.1 Å². The van der Waals surface area contributed by atoms with Crippen molar-refractivity contribution in [2.45, 2.75) is 0 Å². The number of rotatable bonds is 9. The summed E-state index contributed by atoms with van der Waals surface area (Å²) in [5, 5.41) is 59.5. The van der Waals surface area contributed by atoms with Crippen molar-refractivity contribution in [1.82, 2.24) is 0 Å². The fourth-order valence-electron chi connectivity index (χ4n) is 2.84. The summed E-state index contributed by atoms with van der Waals surface area (Å²) in [6.45, 7) is 0. The second-order valence-corrected chi connectivity index (χ2v) is 6.42. The molecular weight excluding hydrogens is 478 g/mol. The van der Waals surface area contributed by atoms with Gasteiger partial charge >= 0.3 is 5.69 Å². The standard InChI is InChI=1S/C17H9N7O11/c25-20(26)9-1-3-12(13(5-9)22(29)30)19-18-8-11-2-4-16(35-11)17-14(23(31)32)6-10(21(27)28)7-15(17)24(33)34/h1-8,19H/b18-8+. The number of benzene rings is 2. The van der Waals surface area contributed by atoms with E-state index in [1.165, 1.54) is 6.07 Å². The van der Waals surface area contributed by atoms with Crippen LogP contribution in [0, 0.1) is 50.6 Å². The maximum atomic E-state index is 11.4. The summed E-state index contributed by atoms with van der Waals surface area (Å²) >= 11 is 0. The third kappa shape index (κ3) is 5.00. The first-order chi connectivity index (χ1) is 16.5. The molecule has 0 aliphatic carbocycles. The van der Waals surface area contributed by atoms with Gasteiger partial charge in [0.15, 0.2) is 5.56 Å². The molecule has 0 aliphatic heterocycles. The Morgan fingerprint density at radius 2 is 1.23 bits per heavy atom. The van der Waals surface area contributed by atoms with Gasteiger partial charge in [0.25, 0.3) is 22.7 Å². The number of furan rings is 1. The van der Waals surface area contributed by atoms with Crippen LogP contribution >= 0.6 is 0 Å². The molecule has 0 fully saturated rings. The number of hydrogen-bond acceptors (Lipinski definition) is 13. The summed E-state index contributed by atoms with van der Waals surface area (Å²) < 4.78 is 5.33. The second kappa shape index (κ2) is 9.36. The fraction of sp³-hybridized carbons (Fsp3) is 0. The number of nitrogens with zero attached hydrogens (tertiary/aromatic N) is 6. The summed E-state index contributed by atoms with van der Waals surface area (Å²) in [4.78, 5) is 51.0. The maximum absolute atomic E-state index is 11.4. The Bertz CT molecular complexity index is 1390. The van der Waals surface area contributed by atoms with E-state index in [-0.39, 0.29) is 17.2 Å². The van der Waals surface area contributed by atoms with Crippen molar-refractivity contribution in [1.29, 1.82) is 0 Å². The Kier molecular flexibility index (Phi) is 6.38. The average Bonchev–Trinajstić information content (AvgIpc) is 3.26. The van der Waals surface area contributed by atoms with Gasteiger partial charge in [0.05, 0.1) is 49.0 Å². The Morgan fingerprint density at radius 1 is 0.686 bits per heavy atom. The van der Waals surface area contributed by atoms with Crippen LogP contribution < -0.4 is 5.43 Å². The molecule has 1 N–H and O–H groups in total. The van der Waals surface area contributed by atoms with Gasteiger partial charge < -0.3 is 4.42 Å². The minimum Gasteiger partial charge on any atom is -0.455 e. The largest absolute Gasteiger partial charge is 0.455 e. The zero-order chi connectivity index (χ0) is 25.9. The topological polar surface area (TPSA) is 253 Å². The number of non-ortho nitro benzene ring substituents is 2. The highest BCUT2D eigenvalue weighted by molar-refractivity contribution is 5.84. The molecule has 35 heavy (non-hydrogen) atoms. The molecular formula is C17H9N7O11. The van der Waals surface area contributed by atoms with Gasteiger partial charge in [0.1, 0.15) is 17.2 Å². The number of nitrogens with one attached hydrogen (secondary N) is 1. The third-order valence-corrected chi connectivity index (χ3v) is 4.32. The molecule has 0 bridgehead atoms. The molecule has 0 radical (unpaired) electrons. The summed E-state index contributed by atoms with van der Waals surface area (Å²) in [6, 6.07) is 6.20. The molecule has 178 valence electrons. The molecule has 3 aromatic rings. The summed E-state index contributed by atoms with van der Waals surface area (Å²) in [5.41, 5.74) is -2.45. The number of nitro groups is 5. The van der Waals surface area contributed by atoms with Crippen molar-refractivity contribution in [2.75, 3.05) is 5.43 Å². The first-order valence-corrected chi connectivity index (χ1v) is 8.93. The Morgan fingerprint density at radius 3 is 1.74 bits per heavy atom. The lowest BCUT2D eigenvalue weighted by Gasteiger charge is -2.02. The highest BCUT2D eigenvalue weighted by atomic mass is 16.6. The van der Waals surface area contributed by atoms with Gasteiger partial charge in [-0.3, -0.25) is 56.0 Å². The molecule has 0 amide bonds. The zero-order valence-corrected chi connectivity index (χ0v) is 16.8. The highest BCUT2D eigenvalue weighted by Gasteiger charge is 2.33. The van der Waals surface area contributed by atoms with E-state index in [0.29, 0.717) is 12.1 Å². The Hall–Kier alpha value is -5.81. The van der Waals surface area contributed by atoms with E-state index in [1.54, 1.807) is 0 Å². The van der Waals surface area contributed by atoms with Crippen molar-refractivity contribution in [2.24, 2.45) is 5.10 Å². The van der Waals surface area contributed by atoms with Crippen molar-refractivity contribution >= 4 is 40.3 Å². The molecule has 1 aromatic heterocycles. The molecule has 0 unspecified atom stereocenters. The number of hydrazone groups is 1. The lowest BCUT2D eigenvalue weighted by molar-refractivity contribution is -0.402. The SMILES string of the molecule is O=[N+]([O-])c1ccc(N/N=C/c2ccc(-c3c([N+](=O)[O-])cc([N+](=O)[O-])cc3[N+](=O)[O-])o2)c([N+](=O)[O-])c1. The molecule has 0 saturated carbocycles. The molecule has 0 aliphatic rings. The van der Waals surface area contributed by atoms with Crippen LogP contribution in [-0.4, -0.2) is 30.8 Å². The monoisotopic (exact) mass is 487 g/mol. The van der Waals surface area contributed by atoms with Crippen molar-refractivity contribution in [3.63, 3.8) is 0 Å². The summed E-state index contributed by atoms with van der Waals surface area (Å²) in [6.07, 6.45) is 0.970. The molecule has 18 heteroatoms. The lowest BCUT2D eigenvalue weighted by Crippen LogP contribution is -2.00. The molecule has 0 spiro atoms. The van der Waals surface area contributed by atoms with Crippen LogP contribution in [0.2, 0.25) is 0 Å². The zero-order valence-electron chi connectivity index (χ0n) is 16.8. The Balaban J connectivity index is 1.96. The van der Waals surface area contributed by atoms with E-state index in [4.69, 9.17) is 4.42 Å². The third-order valence-electron chi connectivity index (χ3n) is 4.32. The molecule has 2 aromatic carbocycles. The van der Waals surface area contributed by atoms with E-state index in [9.17, 15) is 50.6 Å². The van der Waals surface area contributed by atoms with Crippen LogP contribution in [-0.2, 0) is 0 Å². The van der Waals surface area contributed by atoms with E-state index in [0.717, 1.165) is 30.5 Å². The minimum atomic E-state index is -1.04. The van der Waals surface area contributed by atoms with Crippen LogP contribution in [0.25, 0.3) is 11.3 Å². The quantitative estimate of drug-likeness (QED) is 0.256. The van der Waals surface area contributed by atoms with Crippen LogP contribution in [0.15, 0.2) is 52.0 Å². The van der Waals surface area contributed by atoms with Crippen molar-refractivity contribution in [3.8, 4) is 11.3 Å². The van der Waals surface area contributed by atoms with E-state index in [1.807, 2.05) is 0 Å². The average molecular weight is 487 g/mol. The van der Waals surface area contributed by atoms with Crippen LogP contribution in [0.3, 0.4) is 0 Å². The van der Waals surface area contributed by atoms with Crippen LogP contribution in [0.1, 0.15) is 5.76 Å². The predicted octanol–water partition coefficient (Wildman–Crippen LogP) is 3.93. The minimum absolute atomic E-state index is 0.112. The first-order valence-electron chi connectivity index (χ1n) is 8.93. The number of anilines is 1. The lowest BCUT2D eigenvalue weighted by atomic mass is 10.1. The van der Waals surface area contributed by atoms with Gasteiger partial charge in [-0.15, -0.1) is 0 Å². The fourth-order valence-corrected chi connectivity index (χ4v) is 2.84. The highest BCUT2D eigenvalue weighted by Crippen LogP contribution is 2.41. The van der Waals surface area contributed by atoms with E-state index >= 15 is 0 Å². The van der Waals surface area contributed by atoms with Crippen molar-refractivity contribution < 1.29 is 29.0 Å². The maximum Gasteiger partial charge on any atom is 0.301 e. The van der Waals surface area contributed by atoms with Gasteiger partial charge in [-0.2, -0.15) is 5.10 Å². The van der Waals surface area contributed by atoms with E-state index < -0.39 is 58.6 Å². The Labute approximate surface area is 190 Å². The van der Waals surface area contributed by atoms with Gasteiger partial charge in [-0.25, -0.2) is 0 Å². The van der Waals surface area contributed by atoms with Gasteiger partial charge in [-0.05, 0) is 18.2 Å². The summed E-state index contributed by atoms with van der Waals surface area (Å²) in [7, 11) is 0. The smallest absolute Gasteiger partial charge is 0.301 e. The number of hydrogen-bond donors (Lipinski definition) is 1. The van der Waals surface area contributed by atoms with Crippen LogP contribution in [0.5, 0.6) is 0 Å². The molecule has 0 saturated heterocycles. The second-order valence-electron chi connectivity index (χ2n) is 6.42. The molecule has 1 heterocycles. The van der Waals surface area contributed by atoms with Gasteiger partial charge in [-0.1, -0.05) is 0 Å². The van der Waals surface area contributed by atoms with Gasteiger partial charge in [0.2, 0.25) is 0 Å².